The largest absolute Gasteiger partial charge is 0.406 e. The summed E-state index contributed by atoms with van der Waals surface area (Å²) in [6.45, 7) is 1.07. The van der Waals surface area contributed by atoms with Crippen molar-refractivity contribution >= 4 is 23.2 Å². The summed E-state index contributed by atoms with van der Waals surface area (Å²) in [4.78, 5) is 12.6. The van der Waals surface area contributed by atoms with Crippen molar-refractivity contribution in [2.45, 2.75) is 13.1 Å². The summed E-state index contributed by atoms with van der Waals surface area (Å²) in [5.74, 6) is -0.726. The Bertz CT molecular complexity index is 463. The van der Waals surface area contributed by atoms with E-state index in [9.17, 15) is 18.0 Å². The molecule has 0 unspecified atom stereocenters. The van der Waals surface area contributed by atoms with E-state index in [1.165, 1.54) is 6.07 Å². The van der Waals surface area contributed by atoms with E-state index in [0.717, 1.165) is 7.05 Å². The molecule has 19 heavy (non-hydrogen) atoms. The smallest absolute Gasteiger partial charge is 0.385 e. The molecule has 0 radical (unpaired) electrons. The average molecular weight is 295 g/mol. The molecule has 1 rings (SSSR count). The van der Waals surface area contributed by atoms with Gasteiger partial charge < -0.3 is 10.2 Å². The fourth-order valence-electron chi connectivity index (χ4n) is 1.58. The zero-order chi connectivity index (χ0) is 14.6. The number of halogens is 4. The van der Waals surface area contributed by atoms with Crippen molar-refractivity contribution in [1.29, 1.82) is 0 Å². The third-order valence-electron chi connectivity index (χ3n) is 2.34. The quantitative estimate of drug-likeness (QED) is 0.923. The van der Waals surface area contributed by atoms with Crippen molar-refractivity contribution in [2.24, 2.45) is 0 Å². The van der Waals surface area contributed by atoms with Crippen molar-refractivity contribution < 1.29 is 18.0 Å². The van der Waals surface area contributed by atoms with Crippen LogP contribution in [-0.4, -0.2) is 37.1 Å². The number of amides is 1. The summed E-state index contributed by atoms with van der Waals surface area (Å²) >= 11 is 5.78. The van der Waals surface area contributed by atoms with Gasteiger partial charge in [0.2, 0.25) is 0 Å². The predicted octanol–water partition coefficient (Wildman–Crippen LogP) is 3.41. The van der Waals surface area contributed by atoms with E-state index >= 15 is 0 Å². The van der Waals surface area contributed by atoms with Gasteiger partial charge in [-0.3, -0.25) is 4.79 Å². The summed E-state index contributed by atoms with van der Waals surface area (Å²) in [5.41, 5.74) is 0.590. The predicted molar refractivity (Wildman–Crippen MR) is 68.6 cm³/mol. The van der Waals surface area contributed by atoms with E-state index in [1.54, 1.807) is 12.1 Å². The lowest BCUT2D eigenvalue weighted by molar-refractivity contribution is -0.138. The number of alkyl halides is 3. The van der Waals surface area contributed by atoms with Crippen molar-refractivity contribution in [3.63, 3.8) is 0 Å². The Morgan fingerprint density at radius 2 is 2.05 bits per heavy atom. The van der Waals surface area contributed by atoms with Crippen LogP contribution in [0, 0.1) is 0 Å². The molecule has 1 aromatic rings. The number of nitrogens with zero attached hydrogens (tertiary/aromatic N) is 1. The van der Waals surface area contributed by atoms with Crippen LogP contribution < -0.4 is 5.32 Å². The molecular formula is C12H14ClF3N2O. The van der Waals surface area contributed by atoms with Gasteiger partial charge in [0.05, 0.1) is 5.56 Å². The van der Waals surface area contributed by atoms with Crippen molar-refractivity contribution in [2.75, 3.05) is 25.5 Å². The maximum atomic E-state index is 12.3. The lowest BCUT2D eigenvalue weighted by Gasteiger charge is -2.20. The molecule has 1 aromatic carbocycles. The van der Waals surface area contributed by atoms with Gasteiger partial charge in [0.1, 0.15) is 6.54 Å². The topological polar surface area (TPSA) is 32.3 Å². The number of benzene rings is 1. The number of anilines is 1. The maximum absolute atomic E-state index is 12.3. The van der Waals surface area contributed by atoms with Crippen LogP contribution in [-0.2, 0) is 0 Å². The standard InChI is InChI=1S/C12H14ClF3N2O/c1-3-17-10-5-4-8(13)6-9(10)11(19)18(2)7-12(14,15)16/h4-6,17H,3,7H2,1-2H3. The summed E-state index contributed by atoms with van der Waals surface area (Å²) in [7, 11) is 1.10. The first-order chi connectivity index (χ1) is 8.74. The van der Waals surface area contributed by atoms with E-state index < -0.39 is 18.6 Å². The molecule has 0 fully saturated rings. The molecule has 0 aliphatic heterocycles. The molecule has 0 aromatic heterocycles. The fraction of sp³-hybridized carbons (Fsp3) is 0.417. The van der Waals surface area contributed by atoms with Gasteiger partial charge in [-0.15, -0.1) is 0 Å². The van der Waals surface area contributed by atoms with Gasteiger partial charge in [0, 0.05) is 24.3 Å². The molecular weight excluding hydrogens is 281 g/mol. The number of rotatable bonds is 4. The summed E-state index contributed by atoms with van der Waals surface area (Å²) < 4.78 is 36.8. The van der Waals surface area contributed by atoms with Crippen LogP contribution in [0.2, 0.25) is 5.02 Å². The van der Waals surface area contributed by atoms with Crippen molar-refractivity contribution in [3.8, 4) is 0 Å². The normalized spacial score (nSPS) is 11.3. The minimum atomic E-state index is -4.43. The molecule has 0 aliphatic rings. The third kappa shape index (κ3) is 4.63. The SMILES string of the molecule is CCNc1ccc(Cl)cc1C(=O)N(C)CC(F)(F)F. The molecule has 1 N–H and O–H groups in total. The molecule has 0 saturated heterocycles. The molecule has 0 bridgehead atoms. The second kappa shape index (κ2) is 6.14. The monoisotopic (exact) mass is 294 g/mol. The first-order valence-corrected chi connectivity index (χ1v) is 5.98. The van der Waals surface area contributed by atoms with Gasteiger partial charge in [0.25, 0.3) is 5.91 Å². The zero-order valence-corrected chi connectivity index (χ0v) is 11.3. The fourth-order valence-corrected chi connectivity index (χ4v) is 1.76. The second-order valence-electron chi connectivity index (χ2n) is 4.00. The van der Waals surface area contributed by atoms with Crippen LogP contribution in [0.3, 0.4) is 0 Å². The molecule has 7 heteroatoms. The molecule has 0 spiro atoms. The van der Waals surface area contributed by atoms with Gasteiger partial charge in [-0.25, -0.2) is 0 Å². The van der Waals surface area contributed by atoms with Crippen LogP contribution >= 0.6 is 11.6 Å². The number of carbonyl (C=O) groups is 1. The van der Waals surface area contributed by atoms with Crippen molar-refractivity contribution in [1.82, 2.24) is 4.90 Å². The zero-order valence-electron chi connectivity index (χ0n) is 10.5. The molecule has 0 heterocycles. The Hall–Kier alpha value is -1.43. The summed E-state index contributed by atoms with van der Waals surface area (Å²) in [6, 6.07) is 4.50. The molecule has 0 aliphatic carbocycles. The van der Waals surface area contributed by atoms with Gasteiger partial charge in [-0.05, 0) is 25.1 Å². The minimum absolute atomic E-state index is 0.126. The summed E-state index contributed by atoms with van der Waals surface area (Å²) in [5, 5.41) is 3.21. The molecule has 1 amide bonds. The van der Waals surface area contributed by atoms with Crippen LogP contribution in [0.5, 0.6) is 0 Å². The highest BCUT2D eigenvalue weighted by molar-refractivity contribution is 6.31. The molecule has 3 nitrogen and oxygen atoms in total. The number of carbonyl (C=O) groups excluding carboxylic acids is 1. The van der Waals surface area contributed by atoms with E-state index in [0.29, 0.717) is 22.2 Å². The number of hydrogen-bond acceptors (Lipinski definition) is 2. The molecule has 0 saturated carbocycles. The Morgan fingerprint density at radius 1 is 1.42 bits per heavy atom. The first-order valence-electron chi connectivity index (χ1n) is 5.60. The van der Waals surface area contributed by atoms with Gasteiger partial charge in [-0.2, -0.15) is 13.2 Å². The average Bonchev–Trinajstić information content (AvgIpc) is 2.28. The van der Waals surface area contributed by atoms with Gasteiger partial charge >= 0.3 is 6.18 Å². The molecule has 106 valence electrons. The number of nitrogens with one attached hydrogen (secondary N) is 1. The second-order valence-corrected chi connectivity index (χ2v) is 4.43. The van der Waals surface area contributed by atoms with Crippen LogP contribution in [0.25, 0.3) is 0 Å². The lowest BCUT2D eigenvalue weighted by atomic mass is 10.1. The van der Waals surface area contributed by atoms with E-state index in [1.807, 2.05) is 6.92 Å². The Balaban J connectivity index is 3.00. The Morgan fingerprint density at radius 3 is 2.58 bits per heavy atom. The molecule has 0 atom stereocenters. The van der Waals surface area contributed by atoms with Crippen LogP contribution in [0.15, 0.2) is 18.2 Å². The van der Waals surface area contributed by atoms with E-state index in [-0.39, 0.29) is 5.56 Å². The van der Waals surface area contributed by atoms with Crippen molar-refractivity contribution in [3.05, 3.63) is 28.8 Å². The lowest BCUT2D eigenvalue weighted by Crippen LogP contribution is -2.36. The van der Waals surface area contributed by atoms with E-state index in [4.69, 9.17) is 11.6 Å². The minimum Gasteiger partial charge on any atom is -0.385 e. The highest BCUT2D eigenvalue weighted by atomic mass is 35.5. The summed E-state index contributed by atoms with van der Waals surface area (Å²) in [6.07, 6.45) is -4.43. The first kappa shape index (κ1) is 15.6. The van der Waals surface area contributed by atoms with Crippen LogP contribution in [0.1, 0.15) is 17.3 Å². The Kier molecular flexibility index (Phi) is 5.05. The third-order valence-corrected chi connectivity index (χ3v) is 2.58. The van der Waals surface area contributed by atoms with E-state index in [2.05, 4.69) is 5.32 Å². The number of hydrogen-bond donors (Lipinski definition) is 1. The highest BCUT2D eigenvalue weighted by Crippen LogP contribution is 2.23. The highest BCUT2D eigenvalue weighted by Gasteiger charge is 2.32. The maximum Gasteiger partial charge on any atom is 0.406 e. The van der Waals surface area contributed by atoms with Gasteiger partial charge in [-0.1, -0.05) is 11.6 Å². The Labute approximate surface area is 114 Å². The van der Waals surface area contributed by atoms with Crippen LogP contribution in [0.4, 0.5) is 18.9 Å². The van der Waals surface area contributed by atoms with Gasteiger partial charge in [0.15, 0.2) is 0 Å².